The Hall–Kier alpha value is -4.08. The van der Waals surface area contributed by atoms with Crippen molar-refractivity contribution in [3.05, 3.63) is 64.7 Å². The molecule has 0 aliphatic rings. The summed E-state index contributed by atoms with van der Waals surface area (Å²) in [5.74, 6) is -0.652. The predicted molar refractivity (Wildman–Crippen MR) is 109 cm³/mol. The molecule has 152 valence electrons. The maximum atomic E-state index is 14.0. The number of ether oxygens (including phenoxy) is 1. The molecule has 30 heavy (non-hydrogen) atoms. The number of aryl methyl sites for hydroxylation is 1. The van der Waals surface area contributed by atoms with Gasteiger partial charge >= 0.3 is 5.69 Å². The van der Waals surface area contributed by atoms with E-state index < -0.39 is 16.4 Å². The van der Waals surface area contributed by atoms with E-state index in [1.807, 2.05) is 25.2 Å². The van der Waals surface area contributed by atoms with Crippen LogP contribution in [-0.2, 0) is 7.05 Å². The van der Waals surface area contributed by atoms with Crippen LogP contribution < -0.4 is 10.1 Å². The lowest BCUT2D eigenvalue weighted by Gasteiger charge is -2.12. The Morgan fingerprint density at radius 2 is 2.10 bits per heavy atom. The van der Waals surface area contributed by atoms with Crippen LogP contribution in [0.2, 0.25) is 0 Å². The fraction of sp³-hybridized carbons (Fsp3) is 0.150. The van der Waals surface area contributed by atoms with Gasteiger partial charge in [-0.3, -0.25) is 14.8 Å². The number of hydrogen-bond donors (Lipinski definition) is 1. The molecule has 0 saturated carbocycles. The Morgan fingerprint density at radius 3 is 2.87 bits per heavy atom. The average Bonchev–Trinajstić information content (AvgIpc) is 3.10. The van der Waals surface area contributed by atoms with E-state index in [1.54, 1.807) is 30.1 Å². The summed E-state index contributed by atoms with van der Waals surface area (Å²) in [6, 6.07) is 9.62. The van der Waals surface area contributed by atoms with Crippen LogP contribution in [0.15, 0.2) is 48.8 Å². The van der Waals surface area contributed by atoms with Crippen molar-refractivity contribution in [3.63, 3.8) is 0 Å². The molecular weight excluding hydrogens is 391 g/mol. The van der Waals surface area contributed by atoms with E-state index in [0.29, 0.717) is 5.69 Å². The summed E-state index contributed by atoms with van der Waals surface area (Å²) in [4.78, 5) is 19.0. The van der Waals surface area contributed by atoms with E-state index in [9.17, 15) is 14.5 Å². The summed E-state index contributed by atoms with van der Waals surface area (Å²) in [5, 5.41) is 19.2. The molecule has 10 heteroatoms. The molecule has 0 aliphatic heterocycles. The van der Waals surface area contributed by atoms with Crippen molar-refractivity contribution in [1.82, 2.24) is 19.7 Å². The lowest BCUT2D eigenvalue weighted by atomic mass is 10.1. The Balaban J connectivity index is 1.70. The zero-order valence-corrected chi connectivity index (χ0v) is 16.2. The fourth-order valence-corrected chi connectivity index (χ4v) is 3.08. The molecule has 4 aromatic rings. The van der Waals surface area contributed by atoms with Crippen LogP contribution in [-0.4, -0.2) is 31.3 Å². The zero-order chi connectivity index (χ0) is 21.3. The van der Waals surface area contributed by atoms with Gasteiger partial charge in [-0.25, -0.2) is 9.97 Å². The SMILES string of the molecule is CCOc1cc(F)c([N+](=O)[O-])cc1Nc1nccc(-c2ccc3c(cnn3C)c2)n1. The zero-order valence-electron chi connectivity index (χ0n) is 16.2. The molecule has 0 atom stereocenters. The van der Waals surface area contributed by atoms with Gasteiger partial charge in [-0.15, -0.1) is 0 Å². The third-order valence-electron chi connectivity index (χ3n) is 4.49. The van der Waals surface area contributed by atoms with Gasteiger partial charge in [0.1, 0.15) is 5.75 Å². The first-order valence-electron chi connectivity index (χ1n) is 9.09. The van der Waals surface area contributed by atoms with E-state index in [4.69, 9.17) is 4.74 Å². The predicted octanol–water partition coefficient (Wildman–Crippen LogP) is 4.22. The Bertz CT molecular complexity index is 1260. The first-order chi connectivity index (χ1) is 14.5. The largest absolute Gasteiger partial charge is 0.492 e. The highest BCUT2D eigenvalue weighted by Crippen LogP contribution is 2.34. The summed E-state index contributed by atoms with van der Waals surface area (Å²) in [7, 11) is 1.87. The number of nitro benzene ring substituents is 1. The molecule has 0 unspecified atom stereocenters. The second-order valence-electron chi connectivity index (χ2n) is 6.42. The number of aromatic nitrogens is 4. The Morgan fingerprint density at radius 1 is 1.27 bits per heavy atom. The van der Waals surface area contributed by atoms with Crippen LogP contribution in [0.1, 0.15) is 6.92 Å². The van der Waals surface area contributed by atoms with Crippen molar-refractivity contribution in [2.75, 3.05) is 11.9 Å². The molecule has 0 bridgehead atoms. The van der Waals surface area contributed by atoms with Gasteiger partial charge in [-0.1, -0.05) is 6.07 Å². The molecule has 0 fully saturated rings. The fourth-order valence-electron chi connectivity index (χ4n) is 3.08. The van der Waals surface area contributed by atoms with Crippen molar-refractivity contribution < 1.29 is 14.1 Å². The maximum absolute atomic E-state index is 14.0. The number of rotatable bonds is 6. The van der Waals surface area contributed by atoms with E-state index >= 15 is 0 Å². The second kappa shape index (κ2) is 7.74. The van der Waals surface area contributed by atoms with Gasteiger partial charge in [0.15, 0.2) is 0 Å². The summed E-state index contributed by atoms with van der Waals surface area (Å²) in [6.07, 6.45) is 3.33. The molecule has 9 nitrogen and oxygen atoms in total. The monoisotopic (exact) mass is 408 g/mol. The van der Waals surface area contributed by atoms with Crippen LogP contribution >= 0.6 is 0 Å². The van der Waals surface area contributed by atoms with Crippen molar-refractivity contribution in [1.29, 1.82) is 0 Å². The van der Waals surface area contributed by atoms with Gasteiger partial charge in [0.2, 0.25) is 11.8 Å². The number of nitrogens with one attached hydrogen (secondary N) is 1. The molecule has 2 heterocycles. The minimum atomic E-state index is -0.978. The standard InChI is InChI=1S/C20H17FN6O3/c1-3-30-19-9-14(21)18(27(28)29)10-16(19)25-20-22-7-6-15(24-20)12-4-5-17-13(8-12)11-23-26(17)2/h4-11H,3H2,1-2H3,(H,22,24,25). The lowest BCUT2D eigenvalue weighted by Crippen LogP contribution is -2.04. The summed E-state index contributed by atoms with van der Waals surface area (Å²) in [5.41, 5.74) is 2.03. The Kier molecular flexibility index (Phi) is 4.97. The number of nitrogens with zero attached hydrogens (tertiary/aromatic N) is 5. The number of fused-ring (bicyclic) bond motifs is 1. The quantitative estimate of drug-likeness (QED) is 0.376. The molecule has 0 radical (unpaired) electrons. The first-order valence-corrected chi connectivity index (χ1v) is 9.09. The van der Waals surface area contributed by atoms with Gasteiger partial charge in [-0.05, 0) is 25.1 Å². The van der Waals surface area contributed by atoms with E-state index in [0.717, 1.165) is 28.6 Å². The molecule has 2 aromatic heterocycles. The van der Waals surface area contributed by atoms with Crippen molar-refractivity contribution in [2.24, 2.45) is 7.05 Å². The van der Waals surface area contributed by atoms with Gasteiger partial charge in [-0.2, -0.15) is 9.49 Å². The minimum absolute atomic E-state index is 0.131. The number of benzene rings is 2. The van der Waals surface area contributed by atoms with Crippen LogP contribution in [0.25, 0.3) is 22.2 Å². The van der Waals surface area contributed by atoms with Crippen molar-refractivity contribution in [3.8, 4) is 17.0 Å². The van der Waals surface area contributed by atoms with Gasteiger partial charge < -0.3 is 10.1 Å². The lowest BCUT2D eigenvalue weighted by molar-refractivity contribution is -0.387. The molecule has 0 spiro atoms. The number of anilines is 2. The van der Waals surface area contributed by atoms with Crippen LogP contribution in [0, 0.1) is 15.9 Å². The maximum Gasteiger partial charge on any atom is 0.307 e. The van der Waals surface area contributed by atoms with Crippen LogP contribution in [0.5, 0.6) is 5.75 Å². The normalized spacial score (nSPS) is 10.9. The van der Waals surface area contributed by atoms with E-state index in [2.05, 4.69) is 20.4 Å². The topological polar surface area (TPSA) is 108 Å². The van der Waals surface area contributed by atoms with Gasteiger partial charge in [0.05, 0.1) is 34.6 Å². The molecule has 2 aromatic carbocycles. The summed E-state index contributed by atoms with van der Waals surface area (Å²) in [6.45, 7) is 1.99. The highest BCUT2D eigenvalue weighted by molar-refractivity contribution is 5.84. The molecule has 0 amide bonds. The van der Waals surface area contributed by atoms with Crippen molar-refractivity contribution in [2.45, 2.75) is 6.92 Å². The molecular formula is C20H17FN6O3. The van der Waals surface area contributed by atoms with Crippen LogP contribution in [0.3, 0.4) is 0 Å². The number of nitro groups is 1. The Labute approximate surface area is 170 Å². The van der Waals surface area contributed by atoms with Crippen LogP contribution in [0.4, 0.5) is 21.7 Å². The number of hydrogen-bond acceptors (Lipinski definition) is 7. The molecule has 1 N–H and O–H groups in total. The minimum Gasteiger partial charge on any atom is -0.492 e. The third kappa shape index (κ3) is 3.62. The third-order valence-corrected chi connectivity index (χ3v) is 4.49. The van der Waals surface area contributed by atoms with Gasteiger partial charge in [0.25, 0.3) is 0 Å². The smallest absolute Gasteiger partial charge is 0.307 e. The van der Waals surface area contributed by atoms with E-state index in [-0.39, 0.29) is 24.0 Å². The average molecular weight is 408 g/mol. The highest BCUT2D eigenvalue weighted by atomic mass is 19.1. The van der Waals surface area contributed by atoms with Gasteiger partial charge in [0, 0.05) is 36.3 Å². The highest BCUT2D eigenvalue weighted by Gasteiger charge is 2.20. The first kappa shape index (κ1) is 19.2. The number of halogens is 1. The molecule has 4 rings (SSSR count). The molecule has 0 aliphatic carbocycles. The van der Waals surface area contributed by atoms with Crippen molar-refractivity contribution >= 4 is 28.2 Å². The van der Waals surface area contributed by atoms with E-state index in [1.165, 1.54) is 0 Å². The summed E-state index contributed by atoms with van der Waals surface area (Å²) >= 11 is 0. The second-order valence-corrected chi connectivity index (χ2v) is 6.42. The summed E-state index contributed by atoms with van der Waals surface area (Å²) < 4.78 is 21.2. The molecule has 0 saturated heterocycles.